The number of carbonyl (C=O) groups excluding carboxylic acids is 3. The van der Waals surface area contributed by atoms with Crippen LogP contribution in [0, 0.1) is 5.92 Å². The van der Waals surface area contributed by atoms with Crippen molar-refractivity contribution in [3.05, 3.63) is 0 Å². The largest absolute Gasteiger partial charge is 0.369 e. The lowest BCUT2D eigenvalue weighted by atomic mass is 9.96. The number of nitrogens with two attached hydrogens (primary N) is 1. The predicted molar refractivity (Wildman–Crippen MR) is 73.5 cm³/mol. The van der Waals surface area contributed by atoms with Gasteiger partial charge in [0, 0.05) is 32.1 Å². The first-order chi connectivity index (χ1) is 9.59. The van der Waals surface area contributed by atoms with E-state index < -0.39 is 5.91 Å². The molecule has 0 bridgehead atoms. The maximum absolute atomic E-state index is 12.2. The molecule has 0 aliphatic carbocycles. The van der Waals surface area contributed by atoms with Crippen LogP contribution in [0.3, 0.4) is 0 Å². The average Bonchev–Trinajstić information content (AvgIpc) is 2.75. The minimum Gasteiger partial charge on any atom is -0.369 e. The molecule has 2 rings (SSSR count). The molecule has 2 heterocycles. The van der Waals surface area contributed by atoms with E-state index in [9.17, 15) is 14.4 Å². The second-order valence-corrected chi connectivity index (χ2v) is 5.68. The molecule has 0 atom stereocenters. The molecule has 0 unspecified atom stereocenters. The van der Waals surface area contributed by atoms with Crippen LogP contribution in [0.15, 0.2) is 0 Å². The van der Waals surface area contributed by atoms with E-state index in [0.717, 1.165) is 25.7 Å². The van der Waals surface area contributed by atoms with Crippen LogP contribution in [-0.4, -0.2) is 53.7 Å². The molecule has 6 heteroatoms. The zero-order valence-electron chi connectivity index (χ0n) is 11.8. The summed E-state index contributed by atoms with van der Waals surface area (Å²) in [6.07, 6.45) is 5.33. The number of rotatable bonds is 1. The van der Waals surface area contributed by atoms with Crippen molar-refractivity contribution in [2.24, 2.45) is 11.7 Å². The first kappa shape index (κ1) is 14.8. The topological polar surface area (TPSA) is 83.7 Å². The van der Waals surface area contributed by atoms with Crippen molar-refractivity contribution in [2.45, 2.75) is 38.5 Å². The van der Waals surface area contributed by atoms with Gasteiger partial charge in [-0.15, -0.1) is 0 Å². The van der Waals surface area contributed by atoms with E-state index in [1.807, 2.05) is 0 Å². The Balaban J connectivity index is 1.87. The van der Waals surface area contributed by atoms with E-state index >= 15 is 0 Å². The lowest BCUT2D eigenvalue weighted by Crippen LogP contribution is -2.49. The molecule has 0 radical (unpaired) electrons. The fraction of sp³-hybridized carbons (Fsp3) is 0.786. The Hall–Kier alpha value is -1.59. The van der Waals surface area contributed by atoms with Gasteiger partial charge in [0.05, 0.1) is 0 Å². The molecule has 0 aromatic carbocycles. The third kappa shape index (κ3) is 3.49. The number of piperidine rings is 1. The van der Waals surface area contributed by atoms with Gasteiger partial charge in [-0.05, 0) is 25.7 Å². The maximum Gasteiger partial charge on any atom is 0.312 e. The van der Waals surface area contributed by atoms with E-state index in [1.54, 1.807) is 9.80 Å². The molecule has 0 aromatic rings. The van der Waals surface area contributed by atoms with Crippen LogP contribution in [0.1, 0.15) is 38.5 Å². The van der Waals surface area contributed by atoms with E-state index in [1.165, 1.54) is 0 Å². The molecule has 0 saturated carbocycles. The summed E-state index contributed by atoms with van der Waals surface area (Å²) in [5.41, 5.74) is 5.27. The minimum atomic E-state index is -0.421. The number of hydrogen-bond acceptors (Lipinski definition) is 3. The third-order valence-corrected chi connectivity index (χ3v) is 4.26. The zero-order valence-corrected chi connectivity index (χ0v) is 11.8. The third-order valence-electron chi connectivity index (χ3n) is 4.26. The van der Waals surface area contributed by atoms with E-state index in [2.05, 4.69) is 0 Å². The van der Waals surface area contributed by atoms with Gasteiger partial charge in [0.15, 0.2) is 0 Å². The Morgan fingerprint density at radius 2 is 1.20 bits per heavy atom. The monoisotopic (exact) mass is 281 g/mol. The Kier molecular flexibility index (Phi) is 4.98. The van der Waals surface area contributed by atoms with Crippen LogP contribution >= 0.6 is 0 Å². The van der Waals surface area contributed by atoms with E-state index in [-0.39, 0.29) is 17.7 Å². The second-order valence-electron chi connectivity index (χ2n) is 5.68. The van der Waals surface area contributed by atoms with Crippen molar-refractivity contribution in [3.8, 4) is 0 Å². The smallest absolute Gasteiger partial charge is 0.312 e. The van der Waals surface area contributed by atoms with Gasteiger partial charge in [0.1, 0.15) is 0 Å². The molecule has 0 aromatic heterocycles. The molecule has 2 saturated heterocycles. The molecule has 3 amide bonds. The van der Waals surface area contributed by atoms with Crippen LogP contribution in [0.25, 0.3) is 0 Å². The molecule has 6 nitrogen and oxygen atoms in total. The summed E-state index contributed by atoms with van der Waals surface area (Å²) in [6.45, 7) is 2.27. The highest BCUT2D eigenvalue weighted by molar-refractivity contribution is 6.34. The number of nitrogens with zero attached hydrogens (tertiary/aromatic N) is 2. The fourth-order valence-electron chi connectivity index (χ4n) is 2.91. The number of likely N-dealkylation sites (tertiary alicyclic amines) is 2. The number of amides is 3. The normalized spacial score (nSPS) is 21.4. The van der Waals surface area contributed by atoms with Gasteiger partial charge in [-0.25, -0.2) is 0 Å². The highest BCUT2D eigenvalue weighted by Crippen LogP contribution is 2.18. The van der Waals surface area contributed by atoms with Gasteiger partial charge >= 0.3 is 11.8 Å². The predicted octanol–water partition coefficient (Wildman–Crippen LogP) is 0.113. The van der Waals surface area contributed by atoms with Gasteiger partial charge in [0.25, 0.3) is 0 Å². The standard InChI is InChI=1S/C14H23N3O3/c15-12(18)11-5-9-17(10-6-11)14(20)13(19)16-7-3-1-2-4-8-16/h11H,1-10H2,(H2,15,18). The first-order valence-electron chi connectivity index (χ1n) is 7.47. The van der Waals surface area contributed by atoms with Crippen molar-refractivity contribution in [1.29, 1.82) is 0 Å². The van der Waals surface area contributed by atoms with Crippen LogP contribution in [-0.2, 0) is 14.4 Å². The first-order valence-corrected chi connectivity index (χ1v) is 7.47. The summed E-state index contributed by atoms with van der Waals surface area (Å²) < 4.78 is 0. The van der Waals surface area contributed by atoms with Crippen molar-refractivity contribution in [2.75, 3.05) is 26.2 Å². The lowest BCUT2D eigenvalue weighted by molar-refractivity contribution is -0.152. The average molecular weight is 281 g/mol. The highest BCUT2D eigenvalue weighted by Gasteiger charge is 2.31. The molecule has 2 N–H and O–H groups in total. The second kappa shape index (κ2) is 6.72. The van der Waals surface area contributed by atoms with Crippen molar-refractivity contribution >= 4 is 17.7 Å². The summed E-state index contributed by atoms with van der Waals surface area (Å²) >= 11 is 0. The SMILES string of the molecule is NC(=O)C1CCN(C(=O)C(=O)N2CCCCCC2)CC1. The molecule has 2 fully saturated rings. The zero-order chi connectivity index (χ0) is 14.5. The summed E-state index contributed by atoms with van der Waals surface area (Å²) in [5, 5.41) is 0. The van der Waals surface area contributed by atoms with Crippen LogP contribution in [0.2, 0.25) is 0 Å². The molecule has 112 valence electrons. The maximum atomic E-state index is 12.2. The molecule has 0 spiro atoms. The van der Waals surface area contributed by atoms with Crippen molar-refractivity contribution in [3.63, 3.8) is 0 Å². The Labute approximate surface area is 119 Å². The lowest BCUT2D eigenvalue weighted by Gasteiger charge is -2.31. The highest BCUT2D eigenvalue weighted by atomic mass is 16.2. The summed E-state index contributed by atoms with van der Waals surface area (Å²) in [6, 6.07) is 0. The van der Waals surface area contributed by atoms with Crippen LogP contribution in [0.5, 0.6) is 0 Å². The van der Waals surface area contributed by atoms with Gasteiger partial charge < -0.3 is 15.5 Å². The van der Waals surface area contributed by atoms with Gasteiger partial charge in [-0.1, -0.05) is 12.8 Å². The van der Waals surface area contributed by atoms with Crippen molar-refractivity contribution < 1.29 is 14.4 Å². The summed E-state index contributed by atoms with van der Waals surface area (Å²) in [4.78, 5) is 38.7. The fourth-order valence-corrected chi connectivity index (χ4v) is 2.91. The molecular formula is C14H23N3O3. The van der Waals surface area contributed by atoms with Crippen LogP contribution < -0.4 is 5.73 Å². The minimum absolute atomic E-state index is 0.160. The summed E-state index contributed by atoms with van der Waals surface area (Å²) in [7, 11) is 0. The van der Waals surface area contributed by atoms with Gasteiger partial charge in [-0.3, -0.25) is 14.4 Å². The van der Waals surface area contributed by atoms with E-state index in [4.69, 9.17) is 5.73 Å². The molecule has 2 aliphatic rings. The Morgan fingerprint density at radius 1 is 0.750 bits per heavy atom. The molecule has 2 aliphatic heterocycles. The van der Waals surface area contributed by atoms with Crippen molar-refractivity contribution in [1.82, 2.24) is 9.80 Å². The summed E-state index contributed by atoms with van der Waals surface area (Å²) in [5.74, 6) is -1.28. The van der Waals surface area contributed by atoms with Gasteiger partial charge in [-0.2, -0.15) is 0 Å². The quantitative estimate of drug-likeness (QED) is 0.693. The Bertz CT molecular complexity index is 381. The number of primary amides is 1. The molecule has 20 heavy (non-hydrogen) atoms. The van der Waals surface area contributed by atoms with E-state index in [0.29, 0.717) is 39.0 Å². The molecular weight excluding hydrogens is 258 g/mol. The van der Waals surface area contributed by atoms with Crippen LogP contribution in [0.4, 0.5) is 0 Å². The number of carbonyl (C=O) groups is 3. The van der Waals surface area contributed by atoms with Gasteiger partial charge in [0.2, 0.25) is 5.91 Å². The Morgan fingerprint density at radius 3 is 1.65 bits per heavy atom. The number of hydrogen-bond donors (Lipinski definition) is 1.